The molecule has 40 heavy (non-hydrogen) atoms. The number of carbonyl (C=O) groups is 2. The van der Waals surface area contributed by atoms with Crippen LogP contribution < -0.4 is 15.9 Å². The highest BCUT2D eigenvalue weighted by Crippen LogP contribution is 2.49. The van der Waals surface area contributed by atoms with E-state index in [9.17, 15) is 19.2 Å². The van der Waals surface area contributed by atoms with Crippen molar-refractivity contribution < 1.29 is 23.8 Å². The second kappa shape index (κ2) is 11.6. The SMILES string of the molecule is C=C1C(=O)O[C@H]2[C@H]1CC/C(COC(=O)NCc1ccc(Cn3c(=O)sn(CCC)c3=O)cc1)=C\CC[C@@]1(C)O[C@@H]21. The Morgan fingerprint density at radius 3 is 2.73 bits per heavy atom. The summed E-state index contributed by atoms with van der Waals surface area (Å²) < 4.78 is 19.7. The zero-order valence-corrected chi connectivity index (χ0v) is 23.7. The molecule has 3 aliphatic rings. The van der Waals surface area contributed by atoms with Crippen LogP contribution in [0.5, 0.6) is 0 Å². The number of ether oxygens (including phenoxy) is 3. The number of hydrogen-bond acceptors (Lipinski definition) is 8. The number of benzene rings is 1. The molecule has 2 saturated heterocycles. The number of nitrogens with one attached hydrogen (secondary N) is 1. The highest BCUT2D eigenvalue weighted by atomic mass is 32.1. The monoisotopic (exact) mass is 569 g/mol. The van der Waals surface area contributed by atoms with Gasteiger partial charge in [-0.05, 0) is 55.7 Å². The van der Waals surface area contributed by atoms with Gasteiger partial charge in [0.1, 0.15) is 18.8 Å². The predicted octanol–water partition coefficient (Wildman–Crippen LogP) is 3.51. The first-order valence-corrected chi connectivity index (χ1v) is 14.5. The van der Waals surface area contributed by atoms with Crippen molar-refractivity contribution in [1.29, 1.82) is 0 Å². The van der Waals surface area contributed by atoms with E-state index in [1.165, 1.54) is 8.52 Å². The van der Waals surface area contributed by atoms with Gasteiger partial charge in [-0.15, -0.1) is 0 Å². The summed E-state index contributed by atoms with van der Waals surface area (Å²) in [6.07, 6.45) is 4.91. The summed E-state index contributed by atoms with van der Waals surface area (Å²) in [7, 11) is 0. The van der Waals surface area contributed by atoms with Crippen molar-refractivity contribution in [2.24, 2.45) is 5.92 Å². The van der Waals surface area contributed by atoms with E-state index in [4.69, 9.17) is 14.2 Å². The molecule has 0 bridgehead atoms. The molecule has 0 spiro atoms. The van der Waals surface area contributed by atoms with Gasteiger partial charge in [0.2, 0.25) is 0 Å². The fourth-order valence-corrected chi connectivity index (χ4v) is 6.33. The Hall–Kier alpha value is -3.44. The van der Waals surface area contributed by atoms with Gasteiger partial charge in [0.25, 0.3) is 0 Å². The minimum absolute atomic E-state index is 0.0906. The van der Waals surface area contributed by atoms with Crippen LogP contribution >= 0.6 is 11.5 Å². The molecular formula is C29H35N3O7S. The number of hydrogen-bond donors (Lipinski definition) is 1. The maximum atomic E-state index is 12.4. The standard InChI is InChI=1S/C29H35N3O7S/c1-4-14-32-27(35)31(28(36)40-32)16-20-9-7-19(8-10-20)15-30-26(34)37-17-21-6-5-13-29(3)24(39-29)23-22(12-11-21)18(2)25(33)38-23/h6-10,22-24H,2,4-5,11-17H2,1,3H3,(H,30,34)/b21-6+/t22-,23-,24-,29+/m0/s1. The molecule has 1 N–H and O–H groups in total. The van der Waals surface area contributed by atoms with Crippen molar-refractivity contribution in [3.05, 3.63) is 79.3 Å². The van der Waals surface area contributed by atoms with Crippen molar-refractivity contribution in [2.75, 3.05) is 6.61 Å². The molecule has 4 atom stereocenters. The van der Waals surface area contributed by atoms with E-state index >= 15 is 0 Å². The number of aryl methyl sites for hydroxylation is 1. The number of rotatable bonds is 8. The largest absolute Gasteiger partial charge is 0.455 e. The van der Waals surface area contributed by atoms with Crippen LogP contribution in [0, 0.1) is 5.92 Å². The van der Waals surface area contributed by atoms with Gasteiger partial charge in [0, 0.05) is 36.1 Å². The van der Waals surface area contributed by atoms with E-state index in [2.05, 4.69) is 18.0 Å². The highest BCUT2D eigenvalue weighted by Gasteiger charge is 2.61. The first-order chi connectivity index (χ1) is 19.2. The molecule has 2 aromatic rings. The van der Waals surface area contributed by atoms with Crippen molar-refractivity contribution in [2.45, 2.75) is 83.4 Å². The highest BCUT2D eigenvalue weighted by molar-refractivity contribution is 7.03. The number of amides is 1. The summed E-state index contributed by atoms with van der Waals surface area (Å²) in [5, 5.41) is 2.77. The maximum absolute atomic E-state index is 12.4. The molecule has 2 aliphatic heterocycles. The number of aromatic nitrogens is 2. The Bertz CT molecular complexity index is 1440. The van der Waals surface area contributed by atoms with E-state index in [1.807, 2.05) is 38.1 Å². The molecule has 2 fully saturated rings. The molecule has 1 aromatic carbocycles. The van der Waals surface area contributed by atoms with Gasteiger partial charge < -0.3 is 19.5 Å². The van der Waals surface area contributed by atoms with Crippen LogP contribution in [0.4, 0.5) is 4.79 Å². The molecule has 11 heteroatoms. The molecule has 0 unspecified atom stereocenters. The van der Waals surface area contributed by atoms with Gasteiger partial charge in [0.05, 0.1) is 12.1 Å². The smallest absolute Gasteiger partial charge is 0.407 e. The van der Waals surface area contributed by atoms with E-state index in [0.29, 0.717) is 25.0 Å². The normalized spacial score (nSPS) is 27.1. The van der Waals surface area contributed by atoms with Crippen LogP contribution in [0.3, 0.4) is 0 Å². The van der Waals surface area contributed by atoms with Crippen molar-refractivity contribution in [3.63, 3.8) is 0 Å². The summed E-state index contributed by atoms with van der Waals surface area (Å²) in [4.78, 5) is 48.9. The van der Waals surface area contributed by atoms with Crippen LogP contribution in [0.15, 0.2) is 57.7 Å². The number of esters is 1. The first kappa shape index (κ1) is 28.1. The molecule has 1 aromatic heterocycles. The van der Waals surface area contributed by atoms with E-state index in [1.54, 1.807) is 0 Å². The van der Waals surface area contributed by atoms with Gasteiger partial charge >= 0.3 is 22.6 Å². The van der Waals surface area contributed by atoms with Gasteiger partial charge in [-0.1, -0.05) is 43.8 Å². The molecule has 0 radical (unpaired) electrons. The van der Waals surface area contributed by atoms with Crippen molar-refractivity contribution in [3.8, 4) is 0 Å². The quantitative estimate of drug-likeness (QED) is 0.224. The maximum Gasteiger partial charge on any atom is 0.407 e. The Balaban J connectivity index is 1.11. The second-order valence-corrected chi connectivity index (χ2v) is 11.8. The molecule has 10 nitrogen and oxygen atoms in total. The van der Waals surface area contributed by atoms with E-state index in [-0.39, 0.29) is 60.0 Å². The third-order valence-corrected chi connectivity index (χ3v) is 8.84. The van der Waals surface area contributed by atoms with Gasteiger partial charge in [-0.2, -0.15) is 0 Å². The Labute approximate surface area is 236 Å². The van der Waals surface area contributed by atoms with Crippen LogP contribution in [-0.4, -0.2) is 45.0 Å². The zero-order valence-electron chi connectivity index (χ0n) is 22.9. The molecule has 5 rings (SSSR count). The van der Waals surface area contributed by atoms with Crippen LogP contribution in [0.2, 0.25) is 0 Å². The minimum Gasteiger partial charge on any atom is -0.455 e. The lowest BCUT2D eigenvalue weighted by atomic mass is 9.84. The fourth-order valence-electron chi connectivity index (χ4n) is 5.45. The molecule has 0 saturated carbocycles. The Kier molecular flexibility index (Phi) is 8.14. The minimum atomic E-state index is -0.525. The van der Waals surface area contributed by atoms with Gasteiger partial charge in [-0.3, -0.25) is 4.79 Å². The van der Waals surface area contributed by atoms with Gasteiger partial charge in [-0.25, -0.2) is 22.9 Å². The summed E-state index contributed by atoms with van der Waals surface area (Å²) in [5.74, 6) is -0.453. The number of fused-ring (bicyclic) bond motifs is 3. The summed E-state index contributed by atoms with van der Waals surface area (Å²) in [5.41, 5.74) is 2.57. The van der Waals surface area contributed by atoms with E-state index in [0.717, 1.165) is 47.5 Å². The van der Waals surface area contributed by atoms with Crippen molar-refractivity contribution >= 4 is 23.6 Å². The molecule has 214 valence electrons. The number of epoxide rings is 1. The fraction of sp³-hybridized carbons (Fsp3) is 0.517. The average Bonchev–Trinajstić information content (AvgIpc) is 3.43. The van der Waals surface area contributed by atoms with Crippen molar-refractivity contribution in [1.82, 2.24) is 13.8 Å². The van der Waals surface area contributed by atoms with Crippen LogP contribution in [-0.2, 0) is 38.6 Å². The molecule has 1 aliphatic carbocycles. The predicted molar refractivity (Wildman–Crippen MR) is 149 cm³/mol. The third kappa shape index (κ3) is 6.00. The zero-order chi connectivity index (χ0) is 28.4. The van der Waals surface area contributed by atoms with Crippen LogP contribution in [0.25, 0.3) is 0 Å². The second-order valence-electron chi connectivity index (χ2n) is 10.9. The number of carbonyl (C=O) groups excluding carboxylic acids is 2. The topological polar surface area (TPSA) is 121 Å². The molecular weight excluding hydrogens is 534 g/mol. The lowest BCUT2D eigenvalue weighted by Crippen LogP contribution is -2.29. The van der Waals surface area contributed by atoms with Crippen LogP contribution in [0.1, 0.15) is 57.1 Å². The lowest BCUT2D eigenvalue weighted by molar-refractivity contribution is -0.140. The Morgan fingerprint density at radius 1 is 1.23 bits per heavy atom. The summed E-state index contributed by atoms with van der Waals surface area (Å²) in [6.45, 7) is 9.12. The number of allylic oxidation sites excluding steroid dienone is 1. The number of alkyl carbamates (subject to hydrolysis) is 1. The summed E-state index contributed by atoms with van der Waals surface area (Å²) >= 11 is 0.942. The first-order valence-electron chi connectivity index (χ1n) is 13.7. The summed E-state index contributed by atoms with van der Waals surface area (Å²) in [6, 6.07) is 7.38. The average molecular weight is 570 g/mol. The molecule has 3 heterocycles. The lowest BCUT2D eigenvalue weighted by Gasteiger charge is -2.20. The van der Waals surface area contributed by atoms with Gasteiger partial charge in [0.15, 0.2) is 0 Å². The molecule has 1 amide bonds. The Morgan fingerprint density at radius 2 is 1.98 bits per heavy atom. The van der Waals surface area contributed by atoms with E-state index < -0.39 is 6.09 Å². The third-order valence-electron chi connectivity index (χ3n) is 7.91. The number of nitrogens with zero attached hydrogens (tertiary/aromatic N) is 2.